The van der Waals surface area contributed by atoms with Crippen molar-refractivity contribution < 1.29 is 26.8 Å². The summed E-state index contributed by atoms with van der Waals surface area (Å²) in [5.41, 5.74) is 0.956. The van der Waals surface area contributed by atoms with Gasteiger partial charge in [0, 0.05) is 25.6 Å². The maximum Gasteiger partial charge on any atom is 0.242 e. The van der Waals surface area contributed by atoms with Crippen LogP contribution in [-0.2, 0) is 26.2 Å². The van der Waals surface area contributed by atoms with E-state index in [-0.39, 0.29) is 43.8 Å². The van der Waals surface area contributed by atoms with E-state index in [1.165, 1.54) is 41.3 Å². The lowest BCUT2D eigenvalue weighted by Crippen LogP contribution is -2.49. The van der Waals surface area contributed by atoms with Gasteiger partial charge in [0.1, 0.15) is 17.7 Å². The standard InChI is InChI=1S/C25H33F2N3O4S/c1-5-18(2)28-25(32)19(3)29(17-20-8-10-21(26)11-9-20)24(31)7-6-16-30(35(4,33)34)23-14-12-22(27)13-15-23/h8-15,18-19H,5-7,16-17H2,1-4H3,(H,28,32)/t18-,19-/m1/s1. The molecule has 2 rings (SSSR count). The van der Waals surface area contributed by atoms with Crippen LogP contribution in [0.25, 0.3) is 0 Å². The zero-order chi connectivity index (χ0) is 26.2. The van der Waals surface area contributed by atoms with Gasteiger partial charge < -0.3 is 10.2 Å². The molecule has 0 spiro atoms. The first-order valence-corrected chi connectivity index (χ1v) is 13.3. The lowest BCUT2D eigenvalue weighted by atomic mass is 10.1. The molecule has 0 radical (unpaired) electrons. The summed E-state index contributed by atoms with van der Waals surface area (Å²) in [5.74, 6) is -1.54. The van der Waals surface area contributed by atoms with Crippen molar-refractivity contribution in [1.29, 1.82) is 0 Å². The second-order valence-electron chi connectivity index (χ2n) is 8.56. The number of amides is 2. The molecule has 0 aliphatic rings. The molecule has 0 unspecified atom stereocenters. The van der Waals surface area contributed by atoms with Gasteiger partial charge in [0.05, 0.1) is 11.9 Å². The molecular formula is C25H33F2N3O4S. The Hall–Kier alpha value is -3.01. The number of nitrogens with one attached hydrogen (secondary N) is 1. The second-order valence-corrected chi connectivity index (χ2v) is 10.5. The summed E-state index contributed by atoms with van der Waals surface area (Å²) in [5, 5.41) is 2.87. The fourth-order valence-corrected chi connectivity index (χ4v) is 4.41. The van der Waals surface area contributed by atoms with E-state index in [9.17, 15) is 26.8 Å². The number of hydrogen-bond donors (Lipinski definition) is 1. The number of anilines is 1. The molecule has 192 valence electrons. The lowest BCUT2D eigenvalue weighted by molar-refractivity contribution is -0.140. The number of halogens is 2. The van der Waals surface area contributed by atoms with Gasteiger partial charge in [-0.3, -0.25) is 13.9 Å². The molecule has 2 aromatic rings. The molecule has 1 N–H and O–H groups in total. The Balaban J connectivity index is 2.15. The SMILES string of the molecule is CC[C@@H](C)NC(=O)[C@@H](C)N(Cc1ccc(F)cc1)C(=O)CCCN(c1ccc(F)cc1)S(C)(=O)=O. The van der Waals surface area contributed by atoms with Crippen LogP contribution in [-0.4, -0.2) is 50.0 Å². The maximum absolute atomic E-state index is 13.3. The van der Waals surface area contributed by atoms with E-state index < -0.39 is 27.7 Å². The minimum atomic E-state index is -3.66. The Labute approximate surface area is 206 Å². The van der Waals surface area contributed by atoms with Gasteiger partial charge in [0.15, 0.2) is 0 Å². The summed E-state index contributed by atoms with van der Waals surface area (Å²) in [6.07, 6.45) is 1.94. The molecular weight excluding hydrogens is 476 g/mol. The van der Waals surface area contributed by atoms with Crippen molar-refractivity contribution in [2.45, 2.75) is 58.7 Å². The molecule has 35 heavy (non-hydrogen) atoms. The van der Waals surface area contributed by atoms with Gasteiger partial charge in [-0.1, -0.05) is 19.1 Å². The number of rotatable bonds is 12. The minimum absolute atomic E-state index is 0.00798. The van der Waals surface area contributed by atoms with Crippen LogP contribution in [0.1, 0.15) is 45.6 Å². The molecule has 7 nitrogen and oxygen atoms in total. The molecule has 0 fully saturated rings. The molecule has 0 saturated carbocycles. The highest BCUT2D eigenvalue weighted by atomic mass is 32.2. The van der Waals surface area contributed by atoms with Crippen molar-refractivity contribution >= 4 is 27.5 Å². The van der Waals surface area contributed by atoms with Crippen LogP contribution in [0, 0.1) is 11.6 Å². The number of carbonyl (C=O) groups is 2. The van der Waals surface area contributed by atoms with Gasteiger partial charge in [-0.25, -0.2) is 17.2 Å². The Morgan fingerprint density at radius 1 is 0.971 bits per heavy atom. The summed E-state index contributed by atoms with van der Waals surface area (Å²) in [7, 11) is -3.66. The first-order valence-electron chi connectivity index (χ1n) is 11.5. The first-order chi connectivity index (χ1) is 16.4. The first kappa shape index (κ1) is 28.2. The van der Waals surface area contributed by atoms with Gasteiger partial charge in [0.25, 0.3) is 0 Å². The fourth-order valence-electron chi connectivity index (χ4n) is 3.45. The fraction of sp³-hybridized carbons (Fsp3) is 0.440. The van der Waals surface area contributed by atoms with Gasteiger partial charge in [0.2, 0.25) is 21.8 Å². The van der Waals surface area contributed by atoms with Crippen molar-refractivity contribution in [3.05, 3.63) is 65.7 Å². The third kappa shape index (κ3) is 8.61. The van der Waals surface area contributed by atoms with Crippen molar-refractivity contribution in [2.75, 3.05) is 17.1 Å². The van der Waals surface area contributed by atoms with Gasteiger partial charge in [-0.05, 0) is 68.7 Å². The summed E-state index contributed by atoms with van der Waals surface area (Å²) < 4.78 is 52.3. The highest BCUT2D eigenvalue weighted by molar-refractivity contribution is 7.92. The van der Waals surface area contributed by atoms with Crippen molar-refractivity contribution in [3.63, 3.8) is 0 Å². The Bertz CT molecular complexity index is 1090. The zero-order valence-electron chi connectivity index (χ0n) is 20.5. The third-order valence-corrected chi connectivity index (χ3v) is 6.90. The van der Waals surface area contributed by atoms with Gasteiger partial charge in [-0.15, -0.1) is 0 Å². The highest BCUT2D eigenvalue weighted by Crippen LogP contribution is 2.20. The molecule has 0 aliphatic carbocycles. The Morgan fingerprint density at radius 2 is 1.51 bits per heavy atom. The van der Waals surface area contributed by atoms with E-state index in [1.807, 2.05) is 13.8 Å². The summed E-state index contributed by atoms with van der Waals surface area (Å²) in [4.78, 5) is 27.3. The Morgan fingerprint density at radius 3 is 2.03 bits per heavy atom. The molecule has 0 bridgehead atoms. The number of sulfonamides is 1. The largest absolute Gasteiger partial charge is 0.352 e. The number of benzene rings is 2. The van der Waals surface area contributed by atoms with E-state index in [0.717, 1.165) is 17.0 Å². The van der Waals surface area contributed by atoms with E-state index in [0.29, 0.717) is 11.3 Å². The molecule has 0 aromatic heterocycles. The van der Waals surface area contributed by atoms with Crippen molar-refractivity contribution in [3.8, 4) is 0 Å². The number of nitrogens with zero attached hydrogens (tertiary/aromatic N) is 2. The molecule has 2 amide bonds. The highest BCUT2D eigenvalue weighted by Gasteiger charge is 2.27. The summed E-state index contributed by atoms with van der Waals surface area (Å²) in [6.45, 7) is 5.54. The van der Waals surface area contributed by atoms with E-state index >= 15 is 0 Å². The summed E-state index contributed by atoms with van der Waals surface area (Å²) in [6, 6.07) is 9.88. The Kier molecular flexibility index (Phi) is 10.2. The van der Waals surface area contributed by atoms with Crippen LogP contribution in [0.15, 0.2) is 48.5 Å². The normalized spacial score (nSPS) is 13.1. The van der Waals surface area contributed by atoms with Gasteiger partial charge >= 0.3 is 0 Å². The van der Waals surface area contributed by atoms with E-state index in [2.05, 4.69) is 5.32 Å². The number of hydrogen-bond acceptors (Lipinski definition) is 4. The molecule has 0 heterocycles. The van der Waals surface area contributed by atoms with Gasteiger partial charge in [-0.2, -0.15) is 0 Å². The maximum atomic E-state index is 13.3. The predicted octanol–water partition coefficient (Wildman–Crippen LogP) is 3.84. The van der Waals surface area contributed by atoms with E-state index in [1.54, 1.807) is 19.1 Å². The van der Waals surface area contributed by atoms with Crippen molar-refractivity contribution in [2.24, 2.45) is 0 Å². The molecule has 0 aliphatic heterocycles. The van der Waals surface area contributed by atoms with Crippen LogP contribution in [0.4, 0.5) is 14.5 Å². The molecule has 2 aromatic carbocycles. The van der Waals surface area contributed by atoms with Crippen LogP contribution < -0.4 is 9.62 Å². The van der Waals surface area contributed by atoms with Crippen LogP contribution in [0.2, 0.25) is 0 Å². The van der Waals surface area contributed by atoms with Crippen molar-refractivity contribution in [1.82, 2.24) is 10.2 Å². The third-order valence-electron chi connectivity index (χ3n) is 5.70. The lowest BCUT2D eigenvalue weighted by Gasteiger charge is -2.30. The molecule has 0 saturated heterocycles. The molecule has 10 heteroatoms. The van der Waals surface area contributed by atoms with Crippen LogP contribution >= 0.6 is 0 Å². The minimum Gasteiger partial charge on any atom is -0.352 e. The average Bonchev–Trinajstić information content (AvgIpc) is 2.80. The smallest absolute Gasteiger partial charge is 0.242 e. The van der Waals surface area contributed by atoms with Crippen LogP contribution in [0.5, 0.6) is 0 Å². The molecule has 2 atom stereocenters. The number of carbonyl (C=O) groups excluding carboxylic acids is 2. The second kappa shape index (κ2) is 12.6. The average molecular weight is 510 g/mol. The quantitative estimate of drug-likeness (QED) is 0.471. The topological polar surface area (TPSA) is 86.8 Å². The monoisotopic (exact) mass is 509 g/mol. The predicted molar refractivity (Wildman–Crippen MR) is 132 cm³/mol. The zero-order valence-corrected chi connectivity index (χ0v) is 21.3. The van der Waals surface area contributed by atoms with E-state index in [4.69, 9.17) is 0 Å². The summed E-state index contributed by atoms with van der Waals surface area (Å²) >= 11 is 0. The van der Waals surface area contributed by atoms with Crippen LogP contribution in [0.3, 0.4) is 0 Å².